The van der Waals surface area contributed by atoms with Gasteiger partial charge in [-0.25, -0.2) is 4.79 Å². The SMILES string of the molecule is C=C[C@@H](C/C=C/[C@H]1CCC(=O)[C@@H]1C/C=C\CCC(O)(O)C(=O)OC)CCCCCC. The minimum absolute atomic E-state index is 0.0159. The van der Waals surface area contributed by atoms with E-state index in [0.29, 0.717) is 31.0 Å². The number of ketones is 1. The van der Waals surface area contributed by atoms with Crippen molar-refractivity contribution in [2.45, 2.75) is 83.3 Å². The lowest BCUT2D eigenvalue weighted by molar-refractivity contribution is -0.208. The number of ether oxygens (including phenoxy) is 1. The van der Waals surface area contributed by atoms with Crippen LogP contribution in [0.3, 0.4) is 0 Å². The molecule has 0 unspecified atom stereocenters. The van der Waals surface area contributed by atoms with Gasteiger partial charge in [0, 0.05) is 18.8 Å². The van der Waals surface area contributed by atoms with Crippen LogP contribution in [-0.4, -0.2) is 34.9 Å². The van der Waals surface area contributed by atoms with Gasteiger partial charge in [-0.2, -0.15) is 0 Å². The van der Waals surface area contributed by atoms with Crippen LogP contribution in [0.2, 0.25) is 0 Å². The Morgan fingerprint density at radius 3 is 2.70 bits per heavy atom. The lowest BCUT2D eigenvalue weighted by Gasteiger charge is -2.17. The van der Waals surface area contributed by atoms with Gasteiger partial charge in [-0.15, -0.1) is 6.58 Å². The molecule has 0 radical (unpaired) electrons. The maximum atomic E-state index is 12.3. The first-order valence-corrected chi connectivity index (χ1v) is 11.4. The highest BCUT2D eigenvalue weighted by atomic mass is 16.6. The van der Waals surface area contributed by atoms with Crippen LogP contribution in [0.5, 0.6) is 0 Å². The fourth-order valence-electron chi connectivity index (χ4n) is 3.98. The average Bonchev–Trinajstić information content (AvgIpc) is 3.08. The van der Waals surface area contributed by atoms with Crippen LogP contribution in [0.15, 0.2) is 37.0 Å². The Morgan fingerprint density at radius 1 is 1.27 bits per heavy atom. The number of esters is 1. The molecule has 1 aliphatic rings. The van der Waals surface area contributed by atoms with Crippen LogP contribution in [0.4, 0.5) is 0 Å². The number of hydrogen-bond donors (Lipinski definition) is 2. The number of rotatable bonds is 15. The molecule has 5 heteroatoms. The molecule has 1 rings (SSSR count). The van der Waals surface area contributed by atoms with Crippen LogP contribution in [-0.2, 0) is 14.3 Å². The van der Waals surface area contributed by atoms with E-state index in [1.165, 1.54) is 32.1 Å². The summed E-state index contributed by atoms with van der Waals surface area (Å²) < 4.78 is 4.35. The molecule has 0 aliphatic heterocycles. The van der Waals surface area contributed by atoms with Crippen LogP contribution < -0.4 is 0 Å². The Balaban J connectivity index is 2.44. The van der Waals surface area contributed by atoms with Crippen molar-refractivity contribution in [3.63, 3.8) is 0 Å². The Morgan fingerprint density at radius 2 is 2.03 bits per heavy atom. The number of unbranched alkanes of at least 4 members (excludes halogenated alkanes) is 3. The summed E-state index contributed by atoms with van der Waals surface area (Å²) in [6, 6.07) is 0. The summed E-state index contributed by atoms with van der Waals surface area (Å²) in [6.07, 6.45) is 19.7. The highest BCUT2D eigenvalue weighted by molar-refractivity contribution is 5.83. The Bertz CT molecular complexity index is 590. The van der Waals surface area contributed by atoms with Crippen LogP contribution in [0, 0.1) is 17.8 Å². The summed E-state index contributed by atoms with van der Waals surface area (Å²) in [5.74, 6) is -2.49. The zero-order chi connectivity index (χ0) is 22.4. The molecule has 0 aromatic carbocycles. The van der Waals surface area contributed by atoms with Crippen LogP contribution >= 0.6 is 0 Å². The molecule has 30 heavy (non-hydrogen) atoms. The number of carbonyl (C=O) groups excluding carboxylic acids is 2. The summed E-state index contributed by atoms with van der Waals surface area (Å²) in [5, 5.41) is 19.2. The Kier molecular flexibility index (Phi) is 12.6. The van der Waals surface area contributed by atoms with Crippen LogP contribution in [0.25, 0.3) is 0 Å². The van der Waals surface area contributed by atoms with Crippen molar-refractivity contribution in [3.05, 3.63) is 37.0 Å². The molecule has 1 saturated carbocycles. The monoisotopic (exact) mass is 420 g/mol. The van der Waals surface area contributed by atoms with Crippen LogP contribution in [0.1, 0.15) is 77.6 Å². The van der Waals surface area contributed by atoms with E-state index < -0.39 is 11.8 Å². The van der Waals surface area contributed by atoms with E-state index in [1.54, 1.807) is 6.08 Å². The predicted octanol–water partition coefficient (Wildman–Crippen LogP) is 4.88. The molecule has 0 amide bonds. The van der Waals surface area contributed by atoms with Gasteiger partial charge in [0.2, 0.25) is 0 Å². The molecular weight excluding hydrogens is 380 g/mol. The molecule has 0 aromatic heterocycles. The van der Waals surface area contributed by atoms with Crippen molar-refractivity contribution in [3.8, 4) is 0 Å². The first-order chi connectivity index (χ1) is 14.4. The summed E-state index contributed by atoms with van der Waals surface area (Å²) in [4.78, 5) is 23.5. The van der Waals surface area contributed by atoms with Gasteiger partial charge < -0.3 is 14.9 Å². The van der Waals surface area contributed by atoms with E-state index >= 15 is 0 Å². The molecule has 1 aliphatic carbocycles. The fraction of sp³-hybridized carbons (Fsp3) is 0.680. The standard InChI is InChI=1S/C25H40O5/c1-4-6-7-9-13-20(5-2)14-12-15-21-17-18-23(26)22(21)16-10-8-11-19-25(28,29)24(27)30-3/h5,8,10,12,15,20-22,28-29H,2,4,6-7,9,11,13-14,16-19H2,1,3H3/b10-8-,15-12+/t20-,21+,22-/m1/s1. The number of aliphatic hydroxyl groups is 2. The molecule has 0 saturated heterocycles. The van der Waals surface area contributed by atoms with Crippen molar-refractivity contribution < 1.29 is 24.5 Å². The van der Waals surface area contributed by atoms with Gasteiger partial charge in [-0.05, 0) is 43.9 Å². The minimum Gasteiger partial charge on any atom is -0.465 e. The maximum absolute atomic E-state index is 12.3. The molecule has 1 fully saturated rings. The van der Waals surface area contributed by atoms with Crippen molar-refractivity contribution in [2.75, 3.05) is 7.11 Å². The first-order valence-electron chi connectivity index (χ1n) is 11.4. The quantitative estimate of drug-likeness (QED) is 0.171. The Hall–Kier alpha value is -1.72. The van der Waals surface area contributed by atoms with E-state index in [1.807, 2.05) is 12.2 Å². The number of methoxy groups -OCH3 is 1. The van der Waals surface area contributed by atoms with E-state index in [4.69, 9.17) is 0 Å². The molecule has 3 atom stereocenters. The third kappa shape index (κ3) is 9.40. The van der Waals surface area contributed by atoms with E-state index in [0.717, 1.165) is 20.0 Å². The molecule has 0 spiro atoms. The third-order valence-corrected chi connectivity index (χ3v) is 5.97. The maximum Gasteiger partial charge on any atom is 0.366 e. The molecule has 0 heterocycles. The second-order valence-corrected chi connectivity index (χ2v) is 8.34. The molecule has 0 aromatic rings. The zero-order valence-corrected chi connectivity index (χ0v) is 18.7. The van der Waals surface area contributed by atoms with Gasteiger partial charge in [0.05, 0.1) is 7.11 Å². The second-order valence-electron chi connectivity index (χ2n) is 8.34. The van der Waals surface area contributed by atoms with E-state index in [2.05, 4.69) is 30.4 Å². The van der Waals surface area contributed by atoms with Gasteiger partial charge in [0.1, 0.15) is 5.78 Å². The third-order valence-electron chi connectivity index (χ3n) is 5.97. The van der Waals surface area contributed by atoms with E-state index in [9.17, 15) is 19.8 Å². The molecule has 0 bridgehead atoms. The lowest BCUT2D eigenvalue weighted by atomic mass is 9.90. The second kappa shape index (κ2) is 14.3. The summed E-state index contributed by atoms with van der Waals surface area (Å²) in [5.41, 5.74) is 0. The van der Waals surface area contributed by atoms with Crippen molar-refractivity contribution in [2.24, 2.45) is 17.8 Å². The van der Waals surface area contributed by atoms with Crippen molar-refractivity contribution in [1.82, 2.24) is 0 Å². The zero-order valence-electron chi connectivity index (χ0n) is 18.7. The summed E-state index contributed by atoms with van der Waals surface area (Å²) in [7, 11) is 1.11. The molecule has 170 valence electrons. The number of allylic oxidation sites excluding steroid dienone is 5. The molecule has 2 N–H and O–H groups in total. The topological polar surface area (TPSA) is 83.8 Å². The van der Waals surface area contributed by atoms with Gasteiger partial charge in [0.25, 0.3) is 5.79 Å². The average molecular weight is 421 g/mol. The number of carbonyl (C=O) groups is 2. The van der Waals surface area contributed by atoms with E-state index in [-0.39, 0.29) is 18.3 Å². The fourth-order valence-corrected chi connectivity index (χ4v) is 3.98. The highest BCUT2D eigenvalue weighted by Crippen LogP contribution is 2.33. The first kappa shape index (κ1) is 26.3. The smallest absolute Gasteiger partial charge is 0.366 e. The van der Waals surface area contributed by atoms with Gasteiger partial charge in [-0.1, -0.05) is 63.0 Å². The summed E-state index contributed by atoms with van der Waals surface area (Å²) >= 11 is 0. The normalized spacial score (nSPS) is 20.9. The molecule has 5 nitrogen and oxygen atoms in total. The molecular formula is C25H40O5. The lowest BCUT2D eigenvalue weighted by Crippen LogP contribution is -2.39. The minimum atomic E-state index is -2.47. The van der Waals surface area contributed by atoms with Crippen molar-refractivity contribution >= 4 is 11.8 Å². The van der Waals surface area contributed by atoms with Gasteiger partial charge in [-0.3, -0.25) is 4.79 Å². The Labute approximate surface area is 181 Å². The highest BCUT2D eigenvalue weighted by Gasteiger charge is 2.34. The predicted molar refractivity (Wildman–Crippen MR) is 120 cm³/mol. The number of Topliss-reactive ketones (excluding diaryl/α,β-unsaturated/α-hetero) is 1. The van der Waals surface area contributed by atoms with Crippen molar-refractivity contribution in [1.29, 1.82) is 0 Å². The van der Waals surface area contributed by atoms with Gasteiger partial charge in [0.15, 0.2) is 0 Å². The summed E-state index contributed by atoms with van der Waals surface area (Å²) in [6.45, 7) is 6.19. The van der Waals surface area contributed by atoms with Gasteiger partial charge >= 0.3 is 5.97 Å². The largest absolute Gasteiger partial charge is 0.465 e. The number of hydrogen-bond acceptors (Lipinski definition) is 5.